The van der Waals surface area contributed by atoms with E-state index in [1.807, 2.05) is 18.2 Å². The second kappa shape index (κ2) is 7.37. The van der Waals surface area contributed by atoms with Crippen LogP contribution in [0.4, 0.5) is 0 Å². The first-order valence-electron chi connectivity index (χ1n) is 8.02. The zero-order valence-electron chi connectivity index (χ0n) is 13.0. The lowest BCUT2D eigenvalue weighted by Gasteiger charge is -2.10. The van der Waals surface area contributed by atoms with Gasteiger partial charge in [0, 0.05) is 32.0 Å². The molecule has 1 aliphatic heterocycles. The minimum atomic E-state index is -0.0564. The molecule has 122 valence electrons. The van der Waals surface area contributed by atoms with Gasteiger partial charge in [0.25, 0.3) is 5.56 Å². The number of para-hydroxylation sites is 1. The summed E-state index contributed by atoms with van der Waals surface area (Å²) in [6, 6.07) is 7.29. The predicted octanol–water partition coefficient (Wildman–Crippen LogP) is 1.33. The van der Waals surface area contributed by atoms with E-state index in [0.717, 1.165) is 19.6 Å². The predicted molar refractivity (Wildman–Crippen MR) is 87.2 cm³/mol. The molecule has 2 aromatic rings. The topological polar surface area (TPSA) is 73.2 Å². The van der Waals surface area contributed by atoms with E-state index < -0.39 is 0 Å². The van der Waals surface area contributed by atoms with Gasteiger partial charge in [0.05, 0.1) is 23.8 Å². The molecule has 6 heteroatoms. The Morgan fingerprint density at radius 3 is 3.09 bits per heavy atom. The Morgan fingerprint density at radius 1 is 1.39 bits per heavy atom. The van der Waals surface area contributed by atoms with Crippen LogP contribution in [0.5, 0.6) is 0 Å². The van der Waals surface area contributed by atoms with Crippen molar-refractivity contribution >= 4 is 16.8 Å². The van der Waals surface area contributed by atoms with Crippen LogP contribution in [0.15, 0.2) is 35.4 Å². The number of aryl methyl sites for hydroxylation is 1. The van der Waals surface area contributed by atoms with Gasteiger partial charge in [-0.1, -0.05) is 12.1 Å². The van der Waals surface area contributed by atoms with E-state index in [4.69, 9.17) is 4.74 Å². The molecule has 6 nitrogen and oxygen atoms in total. The molecule has 1 aromatic carbocycles. The number of rotatable bonds is 6. The summed E-state index contributed by atoms with van der Waals surface area (Å²) < 4.78 is 6.85. The Morgan fingerprint density at radius 2 is 2.26 bits per heavy atom. The van der Waals surface area contributed by atoms with E-state index in [0.29, 0.717) is 42.8 Å². The minimum absolute atomic E-state index is 0.0266. The summed E-state index contributed by atoms with van der Waals surface area (Å²) in [5.74, 6) is 0.463. The summed E-state index contributed by atoms with van der Waals surface area (Å²) in [7, 11) is 0. The van der Waals surface area contributed by atoms with E-state index in [9.17, 15) is 9.59 Å². The number of nitrogens with zero attached hydrogens (tertiary/aromatic N) is 2. The van der Waals surface area contributed by atoms with Crippen molar-refractivity contribution in [2.75, 3.05) is 19.8 Å². The molecule has 1 unspecified atom stereocenters. The quantitative estimate of drug-likeness (QED) is 0.873. The third-order valence-electron chi connectivity index (χ3n) is 4.15. The second-order valence-corrected chi connectivity index (χ2v) is 5.90. The third kappa shape index (κ3) is 3.96. The van der Waals surface area contributed by atoms with Gasteiger partial charge in [-0.3, -0.25) is 14.2 Å². The number of amides is 1. The van der Waals surface area contributed by atoms with Gasteiger partial charge in [0.15, 0.2) is 0 Å². The monoisotopic (exact) mass is 315 g/mol. The first-order valence-corrected chi connectivity index (χ1v) is 8.02. The van der Waals surface area contributed by atoms with Gasteiger partial charge in [-0.2, -0.15) is 0 Å². The number of fused-ring (bicyclic) bond motifs is 1. The van der Waals surface area contributed by atoms with Gasteiger partial charge in [-0.05, 0) is 25.0 Å². The molecule has 3 rings (SSSR count). The normalized spacial score (nSPS) is 17.5. The number of carbonyl (C=O) groups excluding carboxylic acids is 1. The molecule has 23 heavy (non-hydrogen) atoms. The number of nitrogens with one attached hydrogen (secondary N) is 1. The smallest absolute Gasteiger partial charge is 0.261 e. The number of hydrogen-bond donors (Lipinski definition) is 1. The van der Waals surface area contributed by atoms with Gasteiger partial charge in [0.2, 0.25) is 5.91 Å². The molecule has 1 N–H and O–H groups in total. The molecule has 0 radical (unpaired) electrons. The Hall–Kier alpha value is -2.21. The van der Waals surface area contributed by atoms with Gasteiger partial charge >= 0.3 is 0 Å². The van der Waals surface area contributed by atoms with Crippen LogP contribution < -0.4 is 10.9 Å². The van der Waals surface area contributed by atoms with Crippen molar-refractivity contribution in [1.29, 1.82) is 0 Å². The standard InChI is InChI=1S/C17H21N3O3/c21-16(18-10-13-7-9-23-11-13)6-3-8-20-12-19-15-5-2-1-4-14(15)17(20)22/h1-2,4-5,12-13H,3,6-11H2,(H,18,21). The second-order valence-electron chi connectivity index (χ2n) is 5.90. The van der Waals surface area contributed by atoms with E-state index >= 15 is 0 Å². The highest BCUT2D eigenvalue weighted by Crippen LogP contribution is 2.10. The SMILES string of the molecule is O=C(CCCn1cnc2ccccc2c1=O)NCC1CCOC1. The fraction of sp³-hybridized carbons (Fsp3) is 0.471. The number of ether oxygens (including phenoxy) is 1. The summed E-state index contributed by atoms with van der Waals surface area (Å²) in [6.45, 7) is 2.70. The molecule has 1 saturated heterocycles. The molecule has 0 aliphatic carbocycles. The maximum atomic E-state index is 12.3. The molecule has 1 fully saturated rings. The van der Waals surface area contributed by atoms with Crippen molar-refractivity contribution in [2.45, 2.75) is 25.8 Å². The highest BCUT2D eigenvalue weighted by atomic mass is 16.5. The average Bonchev–Trinajstić information content (AvgIpc) is 3.09. The number of benzene rings is 1. The van der Waals surface area contributed by atoms with Gasteiger partial charge in [-0.15, -0.1) is 0 Å². The Balaban J connectivity index is 1.49. The molecule has 1 aromatic heterocycles. The number of carbonyl (C=O) groups is 1. The Bertz CT molecular complexity index is 735. The fourth-order valence-corrected chi connectivity index (χ4v) is 2.77. The Labute approximate surface area is 134 Å². The van der Waals surface area contributed by atoms with E-state index in [1.54, 1.807) is 17.0 Å². The highest BCUT2D eigenvalue weighted by Gasteiger charge is 2.16. The average molecular weight is 315 g/mol. The van der Waals surface area contributed by atoms with Gasteiger partial charge < -0.3 is 10.1 Å². The maximum Gasteiger partial charge on any atom is 0.261 e. The van der Waals surface area contributed by atoms with E-state index in [2.05, 4.69) is 10.3 Å². The number of hydrogen-bond acceptors (Lipinski definition) is 4. The summed E-state index contributed by atoms with van der Waals surface area (Å²) in [4.78, 5) is 28.4. The van der Waals surface area contributed by atoms with Crippen molar-refractivity contribution < 1.29 is 9.53 Å². The third-order valence-corrected chi connectivity index (χ3v) is 4.15. The molecule has 1 atom stereocenters. The van der Waals surface area contributed by atoms with Crippen LogP contribution in [-0.2, 0) is 16.1 Å². The summed E-state index contributed by atoms with van der Waals surface area (Å²) in [5.41, 5.74) is 0.643. The summed E-state index contributed by atoms with van der Waals surface area (Å²) in [5, 5.41) is 3.54. The number of aromatic nitrogens is 2. The van der Waals surface area contributed by atoms with Crippen LogP contribution in [-0.4, -0.2) is 35.2 Å². The van der Waals surface area contributed by atoms with E-state index in [1.165, 1.54) is 0 Å². The van der Waals surface area contributed by atoms with Crippen molar-refractivity contribution in [3.05, 3.63) is 40.9 Å². The lowest BCUT2D eigenvalue weighted by Crippen LogP contribution is -2.29. The molecular weight excluding hydrogens is 294 g/mol. The van der Waals surface area contributed by atoms with Crippen molar-refractivity contribution in [3.63, 3.8) is 0 Å². The highest BCUT2D eigenvalue weighted by molar-refractivity contribution is 5.77. The largest absolute Gasteiger partial charge is 0.381 e. The molecule has 0 spiro atoms. The summed E-state index contributed by atoms with van der Waals surface area (Å²) >= 11 is 0. The van der Waals surface area contributed by atoms with Crippen LogP contribution >= 0.6 is 0 Å². The fourth-order valence-electron chi connectivity index (χ4n) is 2.77. The van der Waals surface area contributed by atoms with E-state index in [-0.39, 0.29) is 11.5 Å². The molecule has 0 saturated carbocycles. The van der Waals surface area contributed by atoms with Gasteiger partial charge in [0.1, 0.15) is 0 Å². The van der Waals surface area contributed by atoms with Crippen molar-refractivity contribution in [2.24, 2.45) is 5.92 Å². The van der Waals surface area contributed by atoms with Crippen LogP contribution in [0, 0.1) is 5.92 Å². The molecule has 0 bridgehead atoms. The minimum Gasteiger partial charge on any atom is -0.381 e. The van der Waals surface area contributed by atoms with Crippen LogP contribution in [0.25, 0.3) is 10.9 Å². The Kier molecular flexibility index (Phi) is 5.02. The van der Waals surface area contributed by atoms with Crippen molar-refractivity contribution in [3.8, 4) is 0 Å². The zero-order chi connectivity index (χ0) is 16.1. The lowest BCUT2D eigenvalue weighted by molar-refractivity contribution is -0.121. The molecule has 1 amide bonds. The lowest BCUT2D eigenvalue weighted by atomic mass is 10.1. The maximum absolute atomic E-state index is 12.3. The molecule has 2 heterocycles. The van der Waals surface area contributed by atoms with Gasteiger partial charge in [-0.25, -0.2) is 4.98 Å². The van der Waals surface area contributed by atoms with Crippen LogP contribution in [0.1, 0.15) is 19.3 Å². The zero-order valence-corrected chi connectivity index (χ0v) is 13.0. The summed E-state index contributed by atoms with van der Waals surface area (Å²) in [6.07, 6.45) is 3.59. The van der Waals surface area contributed by atoms with Crippen LogP contribution in [0.3, 0.4) is 0 Å². The van der Waals surface area contributed by atoms with Crippen LogP contribution in [0.2, 0.25) is 0 Å². The first-order chi connectivity index (χ1) is 11.2. The first kappa shape index (κ1) is 15.7. The van der Waals surface area contributed by atoms with Crippen molar-refractivity contribution in [1.82, 2.24) is 14.9 Å². The molecule has 1 aliphatic rings. The molecular formula is C17H21N3O3.